The predicted octanol–water partition coefficient (Wildman–Crippen LogP) is 4.82. The normalized spacial score (nSPS) is 18.5. The van der Waals surface area contributed by atoms with Gasteiger partial charge in [0.05, 0.1) is 26.9 Å². The minimum absolute atomic E-state index is 0.0233. The molecule has 168 valence electrons. The average Bonchev–Trinajstić information content (AvgIpc) is 3.33. The van der Waals surface area contributed by atoms with Crippen LogP contribution in [0, 0.1) is 0 Å². The molecular weight excluding hydrogens is 404 g/mol. The molecule has 1 aliphatic rings. The fourth-order valence-electron chi connectivity index (χ4n) is 4.34. The van der Waals surface area contributed by atoms with Gasteiger partial charge in [-0.15, -0.1) is 0 Å². The second-order valence-electron chi connectivity index (χ2n) is 7.79. The molecule has 0 spiro atoms. The van der Waals surface area contributed by atoms with Crippen molar-refractivity contribution in [2.45, 2.75) is 24.2 Å². The summed E-state index contributed by atoms with van der Waals surface area (Å²) in [4.78, 5) is 0. The van der Waals surface area contributed by atoms with Crippen LogP contribution in [0.25, 0.3) is 0 Å². The quantitative estimate of drug-likeness (QED) is 0.452. The minimum Gasteiger partial charge on any atom is -0.497 e. The van der Waals surface area contributed by atoms with Crippen molar-refractivity contribution in [2.75, 3.05) is 34.5 Å². The highest BCUT2D eigenvalue weighted by molar-refractivity contribution is 5.49. The molecule has 0 unspecified atom stereocenters. The Morgan fingerprint density at radius 1 is 0.750 bits per heavy atom. The van der Waals surface area contributed by atoms with Crippen molar-refractivity contribution in [3.63, 3.8) is 0 Å². The zero-order valence-electron chi connectivity index (χ0n) is 18.8. The molecule has 1 heterocycles. The molecule has 2 atom stereocenters. The molecule has 3 aromatic rings. The lowest BCUT2D eigenvalue weighted by Gasteiger charge is -2.37. The largest absolute Gasteiger partial charge is 0.497 e. The zero-order valence-corrected chi connectivity index (χ0v) is 18.8. The van der Waals surface area contributed by atoms with E-state index in [1.54, 1.807) is 21.3 Å². The molecule has 4 rings (SSSR count). The van der Waals surface area contributed by atoms with Crippen LogP contribution in [0.2, 0.25) is 0 Å². The maximum Gasteiger partial charge on any atom is 0.143 e. The van der Waals surface area contributed by atoms with Crippen LogP contribution in [-0.2, 0) is 19.8 Å². The minimum atomic E-state index is -0.843. The fraction of sp³-hybridized carbons (Fsp3) is 0.333. The molecule has 5 nitrogen and oxygen atoms in total. The fourth-order valence-corrected chi connectivity index (χ4v) is 4.34. The van der Waals surface area contributed by atoms with Crippen molar-refractivity contribution in [1.29, 1.82) is 0 Å². The van der Waals surface area contributed by atoms with Gasteiger partial charge in [-0.3, -0.25) is 0 Å². The van der Waals surface area contributed by atoms with Crippen LogP contribution in [0.3, 0.4) is 0 Å². The Morgan fingerprint density at radius 3 is 1.78 bits per heavy atom. The first-order valence-electron chi connectivity index (χ1n) is 10.8. The summed E-state index contributed by atoms with van der Waals surface area (Å²) in [5.41, 5.74) is 2.19. The summed E-state index contributed by atoms with van der Waals surface area (Å²) in [6, 6.07) is 26.3. The van der Waals surface area contributed by atoms with Crippen molar-refractivity contribution in [3.05, 3.63) is 95.6 Å². The van der Waals surface area contributed by atoms with Gasteiger partial charge in [0, 0.05) is 13.7 Å². The van der Waals surface area contributed by atoms with E-state index in [0.29, 0.717) is 13.2 Å². The molecule has 0 N–H and O–H groups in total. The summed E-state index contributed by atoms with van der Waals surface area (Å²) in [6.07, 6.45) is 0.767. The van der Waals surface area contributed by atoms with E-state index in [1.165, 1.54) is 0 Å². The van der Waals surface area contributed by atoms with Gasteiger partial charge in [-0.05, 0) is 47.4 Å². The predicted molar refractivity (Wildman–Crippen MR) is 123 cm³/mol. The molecule has 3 aromatic carbocycles. The van der Waals surface area contributed by atoms with E-state index in [-0.39, 0.29) is 12.2 Å². The summed E-state index contributed by atoms with van der Waals surface area (Å²) >= 11 is 0. The molecule has 0 saturated carbocycles. The van der Waals surface area contributed by atoms with Crippen LogP contribution in [0.5, 0.6) is 11.5 Å². The van der Waals surface area contributed by atoms with Crippen LogP contribution >= 0.6 is 0 Å². The van der Waals surface area contributed by atoms with E-state index in [4.69, 9.17) is 23.7 Å². The molecule has 1 aliphatic heterocycles. The zero-order chi connectivity index (χ0) is 22.4. The van der Waals surface area contributed by atoms with Gasteiger partial charge >= 0.3 is 0 Å². The van der Waals surface area contributed by atoms with E-state index in [9.17, 15) is 0 Å². The van der Waals surface area contributed by atoms with Crippen LogP contribution in [0.4, 0.5) is 0 Å². The standard InChI is InChI=1S/C27H30O5/c1-28-23-13-9-21(10-14-23)27(20-7-5-4-6-8-20,22-11-15-24(29-2)16-12-22)32-19-26-25(30-3)17-18-31-26/h4-16,25-26H,17-19H2,1-3H3/t25-,26+/m0/s1. The van der Waals surface area contributed by atoms with Gasteiger partial charge in [-0.2, -0.15) is 0 Å². The molecule has 5 heteroatoms. The first-order chi connectivity index (χ1) is 15.7. The first-order valence-corrected chi connectivity index (χ1v) is 10.8. The van der Waals surface area contributed by atoms with Gasteiger partial charge in [0.2, 0.25) is 0 Å². The van der Waals surface area contributed by atoms with Crippen molar-refractivity contribution in [2.24, 2.45) is 0 Å². The molecule has 0 aliphatic carbocycles. The molecular formula is C27H30O5. The van der Waals surface area contributed by atoms with E-state index in [0.717, 1.165) is 34.6 Å². The second kappa shape index (κ2) is 10.2. The summed E-state index contributed by atoms with van der Waals surface area (Å²) in [5, 5.41) is 0. The number of ether oxygens (including phenoxy) is 5. The van der Waals surface area contributed by atoms with Crippen LogP contribution in [0.15, 0.2) is 78.9 Å². The molecule has 0 aromatic heterocycles. The summed E-state index contributed by atoms with van der Waals surface area (Å²) in [7, 11) is 5.06. The van der Waals surface area contributed by atoms with Crippen LogP contribution in [-0.4, -0.2) is 46.8 Å². The van der Waals surface area contributed by atoms with E-state index in [1.807, 2.05) is 42.5 Å². The molecule has 0 amide bonds. The third-order valence-corrected chi connectivity index (χ3v) is 6.09. The lowest BCUT2D eigenvalue weighted by atomic mass is 9.80. The number of methoxy groups -OCH3 is 3. The monoisotopic (exact) mass is 434 g/mol. The maximum atomic E-state index is 6.86. The Labute approximate surface area is 189 Å². The Balaban J connectivity index is 1.84. The van der Waals surface area contributed by atoms with Gasteiger partial charge in [-0.25, -0.2) is 0 Å². The van der Waals surface area contributed by atoms with E-state index >= 15 is 0 Å². The topological polar surface area (TPSA) is 46.2 Å². The van der Waals surface area contributed by atoms with Crippen molar-refractivity contribution >= 4 is 0 Å². The lowest BCUT2D eigenvalue weighted by molar-refractivity contribution is -0.0769. The van der Waals surface area contributed by atoms with Crippen LogP contribution in [0.1, 0.15) is 23.1 Å². The number of hydrogen-bond acceptors (Lipinski definition) is 5. The summed E-state index contributed by atoms with van der Waals surface area (Å²) in [6.45, 7) is 1.07. The first kappa shape index (κ1) is 22.3. The molecule has 1 saturated heterocycles. The van der Waals surface area contributed by atoms with Crippen molar-refractivity contribution < 1.29 is 23.7 Å². The van der Waals surface area contributed by atoms with Gasteiger partial charge in [0.25, 0.3) is 0 Å². The Kier molecular flexibility index (Phi) is 7.10. The molecule has 0 radical (unpaired) electrons. The highest BCUT2D eigenvalue weighted by Crippen LogP contribution is 2.42. The molecule has 1 fully saturated rings. The SMILES string of the molecule is COc1ccc(C(OC[C@H]2OCC[C@@H]2OC)(c2ccccc2)c2ccc(OC)cc2)cc1. The Morgan fingerprint density at radius 2 is 1.28 bits per heavy atom. The second-order valence-corrected chi connectivity index (χ2v) is 7.79. The number of rotatable bonds is 9. The van der Waals surface area contributed by atoms with Crippen molar-refractivity contribution in [1.82, 2.24) is 0 Å². The third-order valence-electron chi connectivity index (χ3n) is 6.09. The Bertz CT molecular complexity index is 922. The van der Waals surface area contributed by atoms with Gasteiger partial charge in [0.15, 0.2) is 0 Å². The third kappa shape index (κ3) is 4.37. The maximum absolute atomic E-state index is 6.86. The molecule has 0 bridgehead atoms. The summed E-state index contributed by atoms with van der Waals surface area (Å²) in [5.74, 6) is 1.59. The van der Waals surface area contributed by atoms with Gasteiger partial charge in [0.1, 0.15) is 23.2 Å². The number of hydrogen-bond donors (Lipinski definition) is 0. The summed E-state index contributed by atoms with van der Waals surface area (Å²) < 4.78 is 29.2. The lowest BCUT2D eigenvalue weighted by Crippen LogP contribution is -2.38. The number of benzene rings is 3. The smallest absolute Gasteiger partial charge is 0.143 e. The van der Waals surface area contributed by atoms with Crippen molar-refractivity contribution in [3.8, 4) is 11.5 Å². The van der Waals surface area contributed by atoms with Crippen LogP contribution < -0.4 is 9.47 Å². The average molecular weight is 435 g/mol. The Hall–Kier alpha value is -2.86. The molecule has 32 heavy (non-hydrogen) atoms. The van der Waals surface area contributed by atoms with Gasteiger partial charge in [-0.1, -0.05) is 54.6 Å². The van der Waals surface area contributed by atoms with E-state index in [2.05, 4.69) is 36.4 Å². The highest BCUT2D eigenvalue weighted by Gasteiger charge is 2.40. The van der Waals surface area contributed by atoms with E-state index < -0.39 is 5.60 Å². The highest BCUT2D eigenvalue weighted by atomic mass is 16.6. The van der Waals surface area contributed by atoms with Gasteiger partial charge < -0.3 is 23.7 Å².